The van der Waals surface area contributed by atoms with Gasteiger partial charge in [-0.05, 0) is 37.9 Å². The normalized spacial score (nSPS) is 13.4. The molecule has 18 heteroatoms. The molecule has 2 heterocycles. The molecule has 16 nitrogen and oxygen atoms in total. The summed E-state index contributed by atoms with van der Waals surface area (Å²) < 4.78 is 49.8. The highest BCUT2D eigenvalue weighted by molar-refractivity contribution is 6.37. The Labute approximate surface area is 369 Å². The number of carbonyl (C=O) groups is 1. The number of primary amides is 1. The van der Waals surface area contributed by atoms with E-state index in [0.29, 0.717) is 128 Å². The van der Waals surface area contributed by atoms with Gasteiger partial charge in [-0.25, -0.2) is 0 Å². The van der Waals surface area contributed by atoms with Crippen molar-refractivity contribution in [1.29, 1.82) is 5.26 Å². The Morgan fingerprint density at radius 1 is 0.689 bits per heavy atom. The van der Waals surface area contributed by atoms with Gasteiger partial charge in [-0.1, -0.05) is 36.0 Å². The fourth-order valence-corrected chi connectivity index (χ4v) is 6.99. The fourth-order valence-electron chi connectivity index (χ4n) is 6.48. The van der Waals surface area contributed by atoms with E-state index in [9.17, 15) is 10.1 Å². The summed E-state index contributed by atoms with van der Waals surface area (Å²) in [7, 11) is 3.12. The zero-order valence-electron chi connectivity index (χ0n) is 35.6. The van der Waals surface area contributed by atoms with Crippen molar-refractivity contribution < 1.29 is 47.4 Å². The molecule has 0 unspecified atom stereocenters. The Morgan fingerprint density at radius 3 is 1.82 bits per heavy atom. The van der Waals surface area contributed by atoms with Crippen LogP contribution in [0.1, 0.15) is 37.7 Å². The first-order chi connectivity index (χ1) is 29.8. The number of methoxy groups -OCH3 is 2. The summed E-state index contributed by atoms with van der Waals surface area (Å²) in [4.78, 5) is 20.1. The highest BCUT2D eigenvalue weighted by Crippen LogP contribution is 2.40. The molecule has 0 bridgehead atoms. The smallest absolute Gasteiger partial charge is 0.243 e. The first kappa shape index (κ1) is 49.9. The van der Waals surface area contributed by atoms with Crippen LogP contribution >= 0.6 is 23.2 Å². The van der Waals surface area contributed by atoms with E-state index >= 15 is 0 Å². The molecule has 338 valence electrons. The molecular formula is C43H62Cl2N6O10. The number of aromatic nitrogens is 1. The van der Waals surface area contributed by atoms with Crippen molar-refractivity contribution in [2.75, 3.05) is 145 Å². The molecule has 1 aliphatic heterocycles. The van der Waals surface area contributed by atoms with E-state index in [0.717, 1.165) is 58.7 Å². The molecule has 61 heavy (non-hydrogen) atoms. The summed E-state index contributed by atoms with van der Waals surface area (Å²) in [5.74, 6) is 1.09. The predicted molar refractivity (Wildman–Crippen MR) is 235 cm³/mol. The van der Waals surface area contributed by atoms with E-state index in [-0.39, 0.29) is 6.61 Å². The predicted octanol–water partition coefficient (Wildman–Crippen LogP) is 5.71. The number of fused-ring (bicyclic) bond motifs is 1. The second-order valence-electron chi connectivity index (χ2n) is 14.2. The van der Waals surface area contributed by atoms with Crippen molar-refractivity contribution >= 4 is 51.4 Å². The van der Waals surface area contributed by atoms with Crippen molar-refractivity contribution in [2.45, 2.75) is 32.1 Å². The lowest BCUT2D eigenvalue weighted by molar-refractivity contribution is -0.123. The maximum atomic E-state index is 10.6. The van der Waals surface area contributed by atoms with E-state index in [4.69, 9.17) is 71.6 Å². The minimum atomic E-state index is -0.494. The molecule has 0 saturated carbocycles. The fraction of sp³-hybridized carbons (Fsp3) is 0.605. The lowest BCUT2D eigenvalue weighted by Crippen LogP contribution is -2.46. The number of rotatable bonds is 33. The van der Waals surface area contributed by atoms with E-state index in [1.54, 1.807) is 19.2 Å². The summed E-state index contributed by atoms with van der Waals surface area (Å²) in [5, 5.41) is 14.6. The summed E-state index contributed by atoms with van der Waals surface area (Å²) >= 11 is 12.7. The number of nitrogens with one attached hydrogen (secondary N) is 1. The van der Waals surface area contributed by atoms with Gasteiger partial charge in [-0.2, -0.15) is 5.26 Å². The second kappa shape index (κ2) is 29.5. The van der Waals surface area contributed by atoms with Crippen molar-refractivity contribution in [1.82, 2.24) is 14.8 Å². The summed E-state index contributed by atoms with van der Waals surface area (Å²) in [6.45, 7) is 12.3. The number of nitriles is 1. The van der Waals surface area contributed by atoms with Crippen molar-refractivity contribution in [2.24, 2.45) is 5.73 Å². The topological polar surface area (TPSA) is 181 Å². The minimum absolute atomic E-state index is 0.0946. The molecule has 0 radical (unpaired) electrons. The van der Waals surface area contributed by atoms with Crippen LogP contribution in [0.15, 0.2) is 30.5 Å². The number of nitrogens with two attached hydrogens (primary N) is 1. The molecule has 1 amide bonds. The van der Waals surface area contributed by atoms with Gasteiger partial charge in [0.1, 0.15) is 18.4 Å². The largest absolute Gasteiger partial charge is 0.495 e. The standard InChI is InChI=1S/C43H62Cl2N6O10/c1-53-39-29-38(35(44)27-36(39)45)49-43-33(30-46)31-48-37-28-41(40(54-2)26-34(37)43)61-15-7-9-51-12-10-50(11-13-51)8-5-3-4-6-14-55-16-17-56-18-19-57-20-21-58-22-23-59-24-25-60-32-42(47)52/h26-29,31H,3-25,32H2,1-2H3,(H2,47,52)(H,48,49). The first-order valence-corrected chi connectivity index (χ1v) is 21.6. The Balaban J connectivity index is 0.985. The number of carbonyl (C=O) groups excluding carboxylic acids is 1. The number of halogens is 2. The number of anilines is 2. The number of piperazine rings is 1. The number of hydrogen-bond donors (Lipinski definition) is 2. The number of benzene rings is 2. The Hall–Kier alpha value is -3.73. The molecule has 4 rings (SSSR count). The summed E-state index contributed by atoms with van der Waals surface area (Å²) in [5.41, 5.74) is 7.04. The zero-order chi connectivity index (χ0) is 43.5. The van der Waals surface area contributed by atoms with Crippen LogP contribution in [0.3, 0.4) is 0 Å². The van der Waals surface area contributed by atoms with Gasteiger partial charge in [0.2, 0.25) is 5.91 Å². The van der Waals surface area contributed by atoms with Gasteiger partial charge < -0.3 is 63.5 Å². The monoisotopic (exact) mass is 892 g/mol. The van der Waals surface area contributed by atoms with Crippen molar-refractivity contribution in [3.05, 3.63) is 46.1 Å². The minimum Gasteiger partial charge on any atom is -0.495 e. The number of hydrogen-bond acceptors (Lipinski definition) is 15. The van der Waals surface area contributed by atoms with E-state index in [1.165, 1.54) is 32.6 Å². The van der Waals surface area contributed by atoms with Gasteiger partial charge in [0, 0.05) is 63.0 Å². The lowest BCUT2D eigenvalue weighted by atomic mass is 10.1. The molecular weight excluding hydrogens is 831 g/mol. The number of ether oxygens (including phenoxy) is 9. The SMILES string of the molecule is COc1cc(Nc2c(C#N)cnc3cc(OCCCN4CCN(CCCCCCOCCOCCOCCOCCOCCOCC(N)=O)CC4)c(OC)cc23)c(Cl)cc1Cl. The highest BCUT2D eigenvalue weighted by Gasteiger charge is 2.18. The first-order valence-electron chi connectivity index (χ1n) is 20.9. The zero-order valence-corrected chi connectivity index (χ0v) is 37.1. The van der Waals surface area contributed by atoms with Gasteiger partial charge in [-0.15, -0.1) is 0 Å². The van der Waals surface area contributed by atoms with Crippen molar-refractivity contribution in [3.8, 4) is 23.3 Å². The molecule has 3 aromatic rings. The summed E-state index contributed by atoms with van der Waals surface area (Å²) in [6.07, 6.45) is 7.03. The van der Waals surface area contributed by atoms with Crippen LogP contribution in [0.2, 0.25) is 10.0 Å². The molecule has 1 aliphatic rings. The summed E-state index contributed by atoms with van der Waals surface area (Å²) in [6, 6.07) is 9.15. The van der Waals surface area contributed by atoms with E-state index < -0.39 is 5.91 Å². The average Bonchev–Trinajstić information content (AvgIpc) is 3.26. The maximum Gasteiger partial charge on any atom is 0.243 e. The van der Waals surface area contributed by atoms with Gasteiger partial charge in [0.05, 0.1) is 119 Å². The number of unbranched alkanes of at least 4 members (excludes halogenated alkanes) is 3. The molecule has 3 N–H and O–H groups in total. The van der Waals surface area contributed by atoms with Crippen LogP contribution in [0.5, 0.6) is 17.2 Å². The molecule has 1 aromatic heterocycles. The number of nitrogens with zero attached hydrogens (tertiary/aromatic N) is 4. The third kappa shape index (κ3) is 18.6. The number of pyridine rings is 1. The van der Waals surface area contributed by atoms with Gasteiger partial charge in [0.15, 0.2) is 11.5 Å². The Morgan fingerprint density at radius 2 is 1.25 bits per heavy atom. The quantitative estimate of drug-likeness (QED) is 0.0710. The molecule has 0 atom stereocenters. The molecule has 0 aliphatic carbocycles. The van der Waals surface area contributed by atoms with Crippen LogP contribution in [0.4, 0.5) is 11.4 Å². The Kier molecular flexibility index (Phi) is 24.2. The molecule has 0 spiro atoms. The lowest BCUT2D eigenvalue weighted by Gasteiger charge is -2.34. The average molecular weight is 894 g/mol. The van der Waals surface area contributed by atoms with Crippen LogP contribution in [-0.4, -0.2) is 160 Å². The maximum absolute atomic E-state index is 10.6. The van der Waals surface area contributed by atoms with E-state index in [1.807, 2.05) is 12.1 Å². The van der Waals surface area contributed by atoms with Crippen LogP contribution in [-0.2, 0) is 33.2 Å². The van der Waals surface area contributed by atoms with Gasteiger partial charge in [0.25, 0.3) is 0 Å². The van der Waals surface area contributed by atoms with Crippen LogP contribution in [0.25, 0.3) is 10.9 Å². The second-order valence-corrected chi connectivity index (χ2v) is 15.0. The third-order valence-electron chi connectivity index (χ3n) is 9.73. The molecule has 1 saturated heterocycles. The third-order valence-corrected chi connectivity index (χ3v) is 10.3. The van der Waals surface area contributed by atoms with Gasteiger partial charge >= 0.3 is 0 Å². The van der Waals surface area contributed by atoms with Gasteiger partial charge in [-0.3, -0.25) is 9.78 Å². The van der Waals surface area contributed by atoms with Crippen LogP contribution in [0, 0.1) is 11.3 Å². The van der Waals surface area contributed by atoms with E-state index in [2.05, 4.69) is 26.2 Å². The molecule has 2 aromatic carbocycles. The Bertz CT molecular complexity index is 1780. The molecule has 1 fully saturated rings. The van der Waals surface area contributed by atoms with Crippen molar-refractivity contribution in [3.63, 3.8) is 0 Å². The van der Waals surface area contributed by atoms with Crippen LogP contribution < -0.4 is 25.3 Å². The number of amides is 1. The highest BCUT2D eigenvalue weighted by atomic mass is 35.5.